The van der Waals surface area contributed by atoms with E-state index in [9.17, 15) is 0 Å². The minimum absolute atomic E-state index is 0.207. The van der Waals surface area contributed by atoms with Crippen LogP contribution in [0.5, 0.6) is 0 Å². The first-order chi connectivity index (χ1) is 22.3. The summed E-state index contributed by atoms with van der Waals surface area (Å²) in [7, 11) is 0. The molecule has 0 aliphatic carbocycles. The molecule has 0 heterocycles. The molecule has 0 bridgehead atoms. The van der Waals surface area contributed by atoms with Gasteiger partial charge in [0.1, 0.15) is 0 Å². The molecule has 0 fully saturated rings. The van der Waals surface area contributed by atoms with Gasteiger partial charge < -0.3 is 0 Å². The van der Waals surface area contributed by atoms with E-state index in [1.165, 1.54) is 185 Å². The van der Waals surface area contributed by atoms with Crippen LogP contribution in [0.25, 0.3) is 6.08 Å². The van der Waals surface area contributed by atoms with Crippen molar-refractivity contribution in [2.45, 2.75) is 232 Å². The minimum Gasteiger partial charge on any atom is -0.289 e. The molecule has 0 saturated heterocycles. The molecule has 0 N–H and O–H groups in total. The Bertz CT molecular complexity index is 748. The van der Waals surface area contributed by atoms with Crippen LogP contribution in [-0.4, -0.2) is 22.5 Å². The van der Waals surface area contributed by atoms with Crippen molar-refractivity contribution in [3.8, 4) is 0 Å². The summed E-state index contributed by atoms with van der Waals surface area (Å²) < 4.78 is 0. The average molecular weight is 638 g/mol. The third kappa shape index (κ3) is 23.3. The molecule has 1 heteroatoms. The van der Waals surface area contributed by atoms with Crippen molar-refractivity contribution in [3.63, 3.8) is 0 Å². The van der Waals surface area contributed by atoms with Crippen molar-refractivity contribution >= 4 is 6.08 Å². The molecular weight excluding hydrogens is 555 g/mol. The van der Waals surface area contributed by atoms with E-state index < -0.39 is 0 Å². The molecule has 0 radical (unpaired) electrons. The molecule has 0 amide bonds. The number of benzene rings is 1. The molecule has 0 spiro atoms. The van der Waals surface area contributed by atoms with Crippen LogP contribution in [0.4, 0.5) is 0 Å². The van der Waals surface area contributed by atoms with Crippen LogP contribution >= 0.6 is 0 Å². The highest BCUT2D eigenvalue weighted by Gasteiger charge is 2.36. The predicted molar refractivity (Wildman–Crippen MR) is 211 cm³/mol. The summed E-state index contributed by atoms with van der Waals surface area (Å²) in [5.74, 6) is 0. The van der Waals surface area contributed by atoms with Crippen molar-refractivity contribution in [3.05, 3.63) is 42.0 Å². The second kappa shape index (κ2) is 28.9. The summed E-state index contributed by atoms with van der Waals surface area (Å²) in [5, 5.41) is 0. The van der Waals surface area contributed by atoms with Gasteiger partial charge in [-0.1, -0.05) is 223 Å². The van der Waals surface area contributed by atoms with Crippen LogP contribution in [-0.2, 0) is 0 Å². The zero-order valence-corrected chi connectivity index (χ0v) is 32.5. The van der Waals surface area contributed by atoms with Crippen molar-refractivity contribution < 1.29 is 0 Å². The lowest BCUT2D eigenvalue weighted by Gasteiger charge is -2.49. The summed E-state index contributed by atoms with van der Waals surface area (Å²) in [6.07, 6.45) is 44.5. The number of unbranched alkanes of at least 4 members (excludes halogenated alkanes) is 24. The molecule has 1 aromatic rings. The Kier molecular flexibility index (Phi) is 27.0. The van der Waals surface area contributed by atoms with Crippen molar-refractivity contribution in [1.29, 1.82) is 0 Å². The zero-order valence-electron chi connectivity index (χ0n) is 32.5. The van der Waals surface area contributed by atoms with E-state index >= 15 is 0 Å². The fourth-order valence-corrected chi connectivity index (χ4v) is 7.59. The molecule has 1 nitrogen and oxygen atoms in total. The molecule has 0 aromatic heterocycles. The highest BCUT2D eigenvalue weighted by atomic mass is 15.2. The maximum absolute atomic E-state index is 2.85. The third-order valence-electron chi connectivity index (χ3n) is 10.6. The van der Waals surface area contributed by atoms with Gasteiger partial charge in [-0.2, -0.15) is 0 Å². The first kappa shape index (κ1) is 42.9. The fraction of sp³-hybridized carbons (Fsp3) is 0.822. The highest BCUT2D eigenvalue weighted by molar-refractivity contribution is 5.48. The van der Waals surface area contributed by atoms with Crippen LogP contribution in [0, 0.1) is 0 Å². The Balaban J connectivity index is 2.41. The largest absolute Gasteiger partial charge is 0.289 e. The molecule has 1 aromatic carbocycles. The van der Waals surface area contributed by atoms with E-state index in [1.807, 2.05) is 0 Å². The van der Waals surface area contributed by atoms with Gasteiger partial charge in [-0.3, -0.25) is 4.90 Å². The molecule has 268 valence electrons. The van der Waals surface area contributed by atoms with Gasteiger partial charge in [0, 0.05) is 17.6 Å². The zero-order chi connectivity index (χ0) is 33.6. The summed E-state index contributed by atoms with van der Waals surface area (Å²) >= 11 is 0. The van der Waals surface area contributed by atoms with Crippen LogP contribution in [0.3, 0.4) is 0 Å². The van der Waals surface area contributed by atoms with E-state index in [-0.39, 0.29) is 11.1 Å². The fourth-order valence-electron chi connectivity index (χ4n) is 7.59. The van der Waals surface area contributed by atoms with Gasteiger partial charge in [0.25, 0.3) is 0 Å². The standard InChI is InChI=1S/C45H83N/c1-7-9-11-13-15-17-19-21-23-25-27-29-34-40-44(3,4)46(42-36-39-43-37-32-31-33-38-43)45(5,6)41-35-30-28-26-24-22-20-18-16-14-12-10-8-2/h31-33,36-39H,7-30,34-35,40-42H2,1-6H3/b39-36+. The van der Waals surface area contributed by atoms with Gasteiger partial charge in [-0.05, 0) is 46.1 Å². The number of hydrogen-bond acceptors (Lipinski definition) is 1. The van der Waals surface area contributed by atoms with Crippen LogP contribution in [0.15, 0.2) is 36.4 Å². The molecule has 1 rings (SSSR count). The minimum atomic E-state index is 0.207. The van der Waals surface area contributed by atoms with E-state index in [2.05, 4.69) is 88.9 Å². The Labute approximate surface area is 291 Å². The SMILES string of the molecule is CCCCCCCCCCCCCCCC(C)(C)N(C/C=C/c1ccccc1)C(C)(C)CCCCCCCCCCCCCCC. The van der Waals surface area contributed by atoms with Gasteiger partial charge in [0.05, 0.1) is 0 Å². The highest BCUT2D eigenvalue weighted by Crippen LogP contribution is 2.33. The summed E-state index contributed by atoms with van der Waals surface area (Å²) in [5.41, 5.74) is 1.73. The van der Waals surface area contributed by atoms with Crippen molar-refractivity contribution in [2.24, 2.45) is 0 Å². The number of rotatable bonds is 33. The molecule has 0 aliphatic rings. The monoisotopic (exact) mass is 638 g/mol. The smallest absolute Gasteiger partial charge is 0.0177 e. The third-order valence-corrected chi connectivity index (χ3v) is 10.6. The van der Waals surface area contributed by atoms with E-state index in [1.54, 1.807) is 0 Å². The second-order valence-electron chi connectivity index (χ2n) is 16.0. The lowest BCUT2D eigenvalue weighted by Crippen LogP contribution is -2.55. The van der Waals surface area contributed by atoms with Gasteiger partial charge in [-0.15, -0.1) is 0 Å². The number of nitrogens with zero attached hydrogens (tertiary/aromatic N) is 1. The molecule has 0 atom stereocenters. The molecular formula is C45H83N. The van der Waals surface area contributed by atoms with Gasteiger partial charge in [0.15, 0.2) is 0 Å². The quantitative estimate of drug-likeness (QED) is 0.0693. The van der Waals surface area contributed by atoms with E-state index in [4.69, 9.17) is 0 Å². The first-order valence-electron chi connectivity index (χ1n) is 20.8. The van der Waals surface area contributed by atoms with E-state index in [0.29, 0.717) is 0 Å². The summed E-state index contributed by atoms with van der Waals surface area (Å²) in [6.45, 7) is 15.7. The topological polar surface area (TPSA) is 3.24 Å². The molecule has 0 aliphatic heterocycles. The maximum Gasteiger partial charge on any atom is 0.0177 e. The lowest BCUT2D eigenvalue weighted by molar-refractivity contribution is 0.0145. The Morgan fingerprint density at radius 1 is 0.435 bits per heavy atom. The van der Waals surface area contributed by atoms with Crippen molar-refractivity contribution in [2.75, 3.05) is 6.54 Å². The Hall–Kier alpha value is -1.08. The van der Waals surface area contributed by atoms with Crippen LogP contribution < -0.4 is 0 Å². The van der Waals surface area contributed by atoms with Crippen LogP contribution in [0.1, 0.15) is 227 Å². The summed E-state index contributed by atoms with van der Waals surface area (Å²) in [6, 6.07) is 10.8. The van der Waals surface area contributed by atoms with Gasteiger partial charge in [-0.25, -0.2) is 0 Å². The lowest BCUT2D eigenvalue weighted by atomic mass is 9.85. The van der Waals surface area contributed by atoms with Crippen LogP contribution in [0.2, 0.25) is 0 Å². The Morgan fingerprint density at radius 2 is 0.739 bits per heavy atom. The molecule has 46 heavy (non-hydrogen) atoms. The normalized spacial score (nSPS) is 12.6. The van der Waals surface area contributed by atoms with Gasteiger partial charge in [0.2, 0.25) is 0 Å². The molecule has 0 unspecified atom stereocenters. The first-order valence-corrected chi connectivity index (χ1v) is 20.8. The maximum atomic E-state index is 2.85. The van der Waals surface area contributed by atoms with Crippen molar-refractivity contribution in [1.82, 2.24) is 4.90 Å². The average Bonchev–Trinajstić information content (AvgIpc) is 3.04. The number of hydrogen-bond donors (Lipinski definition) is 0. The predicted octanol–water partition coefficient (Wildman–Crippen LogP) is 15.5. The molecule has 0 saturated carbocycles. The van der Waals surface area contributed by atoms with Gasteiger partial charge >= 0.3 is 0 Å². The Morgan fingerprint density at radius 3 is 1.07 bits per heavy atom. The summed E-state index contributed by atoms with van der Waals surface area (Å²) in [4.78, 5) is 2.85. The second-order valence-corrected chi connectivity index (χ2v) is 16.0. The van der Waals surface area contributed by atoms with E-state index in [0.717, 1.165) is 6.54 Å².